The molecule has 0 fully saturated rings. The number of carbonyl (C=O) groups excluding carboxylic acids is 1. The molecule has 114 valence electrons. The summed E-state index contributed by atoms with van der Waals surface area (Å²) < 4.78 is 23.5. The summed E-state index contributed by atoms with van der Waals surface area (Å²) in [6.45, 7) is -0.302. The highest BCUT2D eigenvalue weighted by atomic mass is 19.1. The molecule has 0 atom stereocenters. The van der Waals surface area contributed by atoms with Crippen molar-refractivity contribution in [2.24, 2.45) is 0 Å². The van der Waals surface area contributed by atoms with Gasteiger partial charge in [0.1, 0.15) is 5.75 Å². The first-order valence-corrected chi connectivity index (χ1v) is 6.25. The molecule has 0 heterocycles. The van der Waals surface area contributed by atoms with E-state index in [1.807, 2.05) is 0 Å². The fraction of sp³-hybridized carbons (Fsp3) is 0.133. The van der Waals surface area contributed by atoms with Crippen LogP contribution in [0.1, 0.15) is 10.4 Å². The second kappa shape index (κ2) is 6.66. The summed E-state index contributed by atoms with van der Waals surface area (Å²) in [7, 11) is 1.33. The smallest absolute Gasteiger partial charge is 0.269 e. The fourth-order valence-corrected chi connectivity index (χ4v) is 1.74. The molecule has 22 heavy (non-hydrogen) atoms. The lowest BCUT2D eigenvalue weighted by atomic mass is 10.1. The quantitative estimate of drug-likeness (QED) is 0.465. The lowest BCUT2D eigenvalue weighted by Crippen LogP contribution is -2.12. The van der Waals surface area contributed by atoms with Gasteiger partial charge in [-0.2, -0.15) is 0 Å². The fourth-order valence-electron chi connectivity index (χ4n) is 1.74. The Balaban J connectivity index is 2.00. The maximum atomic E-state index is 13.5. The van der Waals surface area contributed by atoms with Gasteiger partial charge in [0.25, 0.3) is 5.69 Å². The third kappa shape index (κ3) is 3.57. The number of non-ortho nitro benzene ring substituents is 1. The van der Waals surface area contributed by atoms with Crippen LogP contribution in [-0.2, 0) is 0 Å². The number of nitrogens with zero attached hydrogens (tertiary/aromatic N) is 1. The van der Waals surface area contributed by atoms with Crippen LogP contribution in [0.2, 0.25) is 0 Å². The summed E-state index contributed by atoms with van der Waals surface area (Å²) in [5, 5.41) is 10.5. The average Bonchev–Trinajstić information content (AvgIpc) is 2.52. The van der Waals surface area contributed by atoms with Gasteiger partial charge >= 0.3 is 0 Å². The summed E-state index contributed by atoms with van der Waals surface area (Å²) in [4.78, 5) is 21.9. The molecule has 0 saturated heterocycles. The SMILES string of the molecule is COc1ccc(C(=O)COc2ccc([N+](=O)[O-])cc2)cc1F. The van der Waals surface area contributed by atoms with Crippen LogP contribution < -0.4 is 9.47 Å². The molecule has 7 heteroatoms. The summed E-state index contributed by atoms with van der Waals surface area (Å²) in [6, 6.07) is 9.18. The van der Waals surface area contributed by atoms with Gasteiger partial charge in [-0.05, 0) is 30.3 Å². The number of nitro groups is 1. The zero-order valence-electron chi connectivity index (χ0n) is 11.6. The van der Waals surface area contributed by atoms with Crippen molar-refractivity contribution in [2.45, 2.75) is 0 Å². The molecule has 0 unspecified atom stereocenters. The van der Waals surface area contributed by atoms with Crippen LogP contribution in [0, 0.1) is 15.9 Å². The van der Waals surface area contributed by atoms with Crippen molar-refractivity contribution in [1.29, 1.82) is 0 Å². The van der Waals surface area contributed by atoms with E-state index in [1.165, 1.54) is 43.5 Å². The van der Waals surface area contributed by atoms with E-state index in [0.29, 0.717) is 5.75 Å². The van der Waals surface area contributed by atoms with Crippen molar-refractivity contribution in [1.82, 2.24) is 0 Å². The molecular formula is C15H12FNO5. The molecule has 0 aromatic heterocycles. The molecule has 6 nitrogen and oxygen atoms in total. The van der Waals surface area contributed by atoms with E-state index in [-0.39, 0.29) is 23.6 Å². The van der Waals surface area contributed by atoms with Crippen LogP contribution >= 0.6 is 0 Å². The van der Waals surface area contributed by atoms with Crippen LogP contribution in [0.3, 0.4) is 0 Å². The molecule has 2 rings (SSSR count). The second-order valence-corrected chi connectivity index (χ2v) is 4.31. The predicted octanol–water partition coefficient (Wildman–Crippen LogP) is 3.00. The monoisotopic (exact) mass is 305 g/mol. The van der Waals surface area contributed by atoms with Crippen molar-refractivity contribution < 1.29 is 23.6 Å². The van der Waals surface area contributed by atoms with Gasteiger partial charge in [0, 0.05) is 17.7 Å². The number of methoxy groups -OCH3 is 1. The van der Waals surface area contributed by atoms with Gasteiger partial charge in [0.2, 0.25) is 0 Å². The second-order valence-electron chi connectivity index (χ2n) is 4.31. The molecule has 0 saturated carbocycles. The molecule has 0 radical (unpaired) electrons. The highest BCUT2D eigenvalue weighted by Gasteiger charge is 2.11. The lowest BCUT2D eigenvalue weighted by Gasteiger charge is -2.07. The number of hydrogen-bond acceptors (Lipinski definition) is 5. The Kier molecular flexibility index (Phi) is 4.67. The van der Waals surface area contributed by atoms with Gasteiger partial charge in [-0.15, -0.1) is 0 Å². The number of rotatable bonds is 6. The number of ether oxygens (including phenoxy) is 2. The van der Waals surface area contributed by atoms with E-state index in [1.54, 1.807) is 0 Å². The third-order valence-electron chi connectivity index (χ3n) is 2.89. The zero-order valence-corrected chi connectivity index (χ0v) is 11.6. The van der Waals surface area contributed by atoms with E-state index in [4.69, 9.17) is 9.47 Å². The molecule has 2 aromatic rings. The van der Waals surface area contributed by atoms with Crippen molar-refractivity contribution in [2.75, 3.05) is 13.7 Å². The number of halogens is 1. The number of nitro benzene ring substituents is 1. The maximum absolute atomic E-state index is 13.5. The summed E-state index contributed by atoms with van der Waals surface area (Å²) in [5.74, 6) is -0.690. The lowest BCUT2D eigenvalue weighted by molar-refractivity contribution is -0.384. The van der Waals surface area contributed by atoms with Crippen LogP contribution in [-0.4, -0.2) is 24.4 Å². The molecule has 0 aliphatic carbocycles. The molecular weight excluding hydrogens is 293 g/mol. The molecule has 0 aliphatic heterocycles. The van der Waals surface area contributed by atoms with Crippen molar-refractivity contribution in [3.8, 4) is 11.5 Å². The predicted molar refractivity (Wildman–Crippen MR) is 75.9 cm³/mol. The number of hydrogen-bond donors (Lipinski definition) is 0. The molecule has 0 spiro atoms. The van der Waals surface area contributed by atoms with Crippen molar-refractivity contribution >= 4 is 11.5 Å². The summed E-state index contributed by atoms with van der Waals surface area (Å²) in [5.41, 5.74) is 0.0797. The third-order valence-corrected chi connectivity index (χ3v) is 2.89. The first-order valence-electron chi connectivity index (χ1n) is 6.25. The molecule has 0 bridgehead atoms. The van der Waals surface area contributed by atoms with Gasteiger partial charge in [-0.3, -0.25) is 14.9 Å². The molecule has 0 N–H and O–H groups in total. The molecule has 0 aliphatic rings. The standard InChI is InChI=1S/C15H12FNO5/c1-21-15-7-2-10(8-13(15)16)14(18)9-22-12-5-3-11(4-6-12)17(19)20/h2-8H,9H2,1H3. The van der Waals surface area contributed by atoms with Gasteiger partial charge in [-0.1, -0.05) is 0 Å². The Bertz CT molecular complexity index is 700. The Hall–Kier alpha value is -2.96. The van der Waals surface area contributed by atoms with E-state index >= 15 is 0 Å². The Labute approximate surface area is 125 Å². The Morgan fingerprint density at radius 3 is 2.45 bits per heavy atom. The largest absolute Gasteiger partial charge is 0.494 e. The zero-order chi connectivity index (χ0) is 16.1. The van der Waals surface area contributed by atoms with E-state index < -0.39 is 16.5 Å². The normalized spacial score (nSPS) is 10.1. The average molecular weight is 305 g/mol. The maximum Gasteiger partial charge on any atom is 0.269 e. The van der Waals surface area contributed by atoms with E-state index in [0.717, 1.165) is 6.07 Å². The minimum atomic E-state index is -0.635. The Morgan fingerprint density at radius 2 is 1.91 bits per heavy atom. The molecule has 2 aromatic carbocycles. The van der Waals surface area contributed by atoms with Gasteiger partial charge in [0.15, 0.2) is 24.0 Å². The minimum absolute atomic E-state index is 0.0489. The van der Waals surface area contributed by atoms with Crippen molar-refractivity contribution in [3.05, 3.63) is 64.0 Å². The first-order chi connectivity index (χ1) is 10.5. The van der Waals surface area contributed by atoms with Crippen LogP contribution in [0.15, 0.2) is 42.5 Å². The number of ketones is 1. The number of Topliss-reactive ketones (excluding diaryl/α,β-unsaturated/α-hetero) is 1. The molecule has 0 amide bonds. The summed E-state index contributed by atoms with van der Waals surface area (Å²) >= 11 is 0. The van der Waals surface area contributed by atoms with E-state index in [9.17, 15) is 19.3 Å². The van der Waals surface area contributed by atoms with Crippen molar-refractivity contribution in [3.63, 3.8) is 0 Å². The number of benzene rings is 2. The van der Waals surface area contributed by atoms with Gasteiger partial charge in [-0.25, -0.2) is 4.39 Å². The highest BCUT2D eigenvalue weighted by Crippen LogP contribution is 2.19. The van der Waals surface area contributed by atoms with Crippen LogP contribution in [0.5, 0.6) is 11.5 Å². The van der Waals surface area contributed by atoms with Crippen LogP contribution in [0.25, 0.3) is 0 Å². The number of carbonyl (C=O) groups is 1. The van der Waals surface area contributed by atoms with Gasteiger partial charge in [0.05, 0.1) is 12.0 Å². The Morgan fingerprint density at radius 1 is 1.23 bits per heavy atom. The van der Waals surface area contributed by atoms with E-state index in [2.05, 4.69) is 0 Å². The minimum Gasteiger partial charge on any atom is -0.494 e. The first kappa shape index (κ1) is 15.4. The van der Waals surface area contributed by atoms with Crippen LogP contribution in [0.4, 0.5) is 10.1 Å². The summed E-state index contributed by atoms with van der Waals surface area (Å²) in [6.07, 6.45) is 0. The topological polar surface area (TPSA) is 78.7 Å². The van der Waals surface area contributed by atoms with Gasteiger partial charge < -0.3 is 9.47 Å². The highest BCUT2D eigenvalue weighted by molar-refractivity contribution is 5.97.